The Bertz CT molecular complexity index is 1140. The number of thioether (sulfide) groups is 1. The molecule has 0 aliphatic carbocycles. The topological polar surface area (TPSA) is 71.1 Å². The number of carbonyl (C=O) groups is 2. The lowest BCUT2D eigenvalue weighted by molar-refractivity contribution is -0.128. The number of amides is 2. The number of carbonyl (C=O) groups excluding carboxylic acids is 2. The smallest absolute Gasteiger partial charge is 0.250 e. The standard InChI is InChI=1S/C25H21N3O2S/c29-22(17-31-21-15-7-13-20-14-8-16-26-24(20)21)27-28-25(30)23(18-9-3-1-4-10-18)19-11-5-2-6-12-19/h1-16,23H,17H2,(H,27,29)(H,28,30). The highest BCUT2D eigenvalue weighted by molar-refractivity contribution is 8.00. The molecule has 0 fully saturated rings. The number of nitrogens with zero attached hydrogens (tertiary/aromatic N) is 1. The van der Waals surface area contributed by atoms with E-state index in [1.54, 1.807) is 6.20 Å². The Morgan fingerprint density at radius 2 is 1.42 bits per heavy atom. The number of fused-ring (bicyclic) bond motifs is 1. The third-order valence-electron chi connectivity index (χ3n) is 4.81. The van der Waals surface area contributed by atoms with Gasteiger partial charge in [0.25, 0.3) is 0 Å². The maximum atomic E-state index is 13.0. The van der Waals surface area contributed by atoms with Gasteiger partial charge in [0.1, 0.15) is 0 Å². The van der Waals surface area contributed by atoms with Crippen molar-refractivity contribution in [1.82, 2.24) is 15.8 Å². The summed E-state index contributed by atoms with van der Waals surface area (Å²) in [7, 11) is 0. The van der Waals surface area contributed by atoms with Gasteiger partial charge in [-0.25, -0.2) is 0 Å². The third kappa shape index (κ3) is 5.10. The average Bonchev–Trinajstić information content (AvgIpc) is 2.83. The average molecular weight is 428 g/mol. The molecule has 4 rings (SSSR count). The van der Waals surface area contributed by atoms with Crippen LogP contribution in [0.1, 0.15) is 17.0 Å². The van der Waals surface area contributed by atoms with E-state index in [1.807, 2.05) is 91.0 Å². The van der Waals surface area contributed by atoms with E-state index >= 15 is 0 Å². The van der Waals surface area contributed by atoms with Gasteiger partial charge in [-0.05, 0) is 23.3 Å². The fourth-order valence-corrected chi connectivity index (χ4v) is 4.20. The van der Waals surface area contributed by atoms with Crippen LogP contribution in [0.4, 0.5) is 0 Å². The molecule has 1 heterocycles. The van der Waals surface area contributed by atoms with Gasteiger partial charge < -0.3 is 0 Å². The first-order chi connectivity index (χ1) is 15.2. The Kier molecular flexibility index (Phi) is 6.59. The summed E-state index contributed by atoms with van der Waals surface area (Å²) in [4.78, 5) is 30.7. The molecule has 0 aliphatic rings. The summed E-state index contributed by atoms with van der Waals surface area (Å²) in [5.41, 5.74) is 7.70. The Hall–Kier alpha value is -3.64. The number of rotatable bonds is 6. The Balaban J connectivity index is 1.40. The molecule has 31 heavy (non-hydrogen) atoms. The monoisotopic (exact) mass is 427 g/mol. The van der Waals surface area contributed by atoms with E-state index in [-0.39, 0.29) is 17.6 Å². The summed E-state index contributed by atoms with van der Waals surface area (Å²) in [6, 6.07) is 28.7. The van der Waals surface area contributed by atoms with Gasteiger partial charge in [0, 0.05) is 16.5 Å². The van der Waals surface area contributed by atoms with Gasteiger partial charge in [-0.2, -0.15) is 0 Å². The highest BCUT2D eigenvalue weighted by Gasteiger charge is 2.22. The zero-order valence-corrected chi connectivity index (χ0v) is 17.5. The molecule has 0 spiro atoms. The lowest BCUT2D eigenvalue weighted by atomic mass is 9.91. The molecular formula is C25H21N3O2S. The zero-order chi connectivity index (χ0) is 21.5. The van der Waals surface area contributed by atoms with Crippen molar-refractivity contribution in [3.63, 3.8) is 0 Å². The molecule has 0 aliphatic heterocycles. The number of pyridine rings is 1. The van der Waals surface area contributed by atoms with Crippen LogP contribution in [-0.2, 0) is 9.59 Å². The number of hydrazine groups is 1. The molecule has 4 aromatic rings. The van der Waals surface area contributed by atoms with E-state index < -0.39 is 5.92 Å². The van der Waals surface area contributed by atoms with Crippen molar-refractivity contribution in [1.29, 1.82) is 0 Å². The first kappa shape index (κ1) is 20.6. The van der Waals surface area contributed by atoms with Crippen LogP contribution in [0.15, 0.2) is 102 Å². The van der Waals surface area contributed by atoms with Gasteiger partial charge in [0.05, 0.1) is 17.2 Å². The second kappa shape index (κ2) is 9.91. The third-order valence-corrected chi connectivity index (χ3v) is 5.85. The van der Waals surface area contributed by atoms with Crippen LogP contribution in [0.2, 0.25) is 0 Å². The van der Waals surface area contributed by atoms with Crippen LogP contribution in [0.25, 0.3) is 10.9 Å². The number of aromatic nitrogens is 1. The molecule has 1 aromatic heterocycles. The van der Waals surface area contributed by atoms with Gasteiger partial charge in [-0.3, -0.25) is 25.4 Å². The molecule has 2 N–H and O–H groups in total. The fraction of sp³-hybridized carbons (Fsp3) is 0.0800. The molecule has 5 nitrogen and oxygen atoms in total. The van der Waals surface area contributed by atoms with E-state index in [0.717, 1.165) is 26.9 Å². The Morgan fingerprint density at radius 1 is 0.774 bits per heavy atom. The van der Waals surface area contributed by atoms with E-state index in [4.69, 9.17) is 0 Å². The van der Waals surface area contributed by atoms with Crippen LogP contribution in [0, 0.1) is 0 Å². The van der Waals surface area contributed by atoms with Gasteiger partial charge in [-0.15, -0.1) is 11.8 Å². The van der Waals surface area contributed by atoms with Crippen LogP contribution in [0.3, 0.4) is 0 Å². The Morgan fingerprint density at radius 3 is 2.10 bits per heavy atom. The van der Waals surface area contributed by atoms with Crippen molar-refractivity contribution in [2.24, 2.45) is 0 Å². The quantitative estimate of drug-likeness (QED) is 0.355. The summed E-state index contributed by atoms with van der Waals surface area (Å²) in [6.07, 6.45) is 1.74. The van der Waals surface area contributed by atoms with Crippen molar-refractivity contribution >= 4 is 34.5 Å². The largest absolute Gasteiger partial charge is 0.272 e. The minimum atomic E-state index is -0.516. The zero-order valence-electron chi connectivity index (χ0n) is 16.7. The maximum absolute atomic E-state index is 13.0. The molecule has 6 heteroatoms. The molecule has 0 saturated heterocycles. The minimum Gasteiger partial charge on any atom is -0.272 e. The number of hydrogen-bond acceptors (Lipinski definition) is 4. The molecule has 154 valence electrons. The predicted molar refractivity (Wildman–Crippen MR) is 123 cm³/mol. The molecule has 0 bridgehead atoms. The highest BCUT2D eigenvalue weighted by Crippen LogP contribution is 2.26. The second-order valence-electron chi connectivity index (χ2n) is 6.91. The molecular weight excluding hydrogens is 406 g/mol. The van der Waals surface area contributed by atoms with Gasteiger partial charge >= 0.3 is 0 Å². The number of nitrogens with one attached hydrogen (secondary N) is 2. The van der Waals surface area contributed by atoms with Crippen LogP contribution in [0.5, 0.6) is 0 Å². The van der Waals surface area contributed by atoms with E-state index in [2.05, 4.69) is 15.8 Å². The number of benzene rings is 3. The fourth-order valence-electron chi connectivity index (χ4n) is 3.36. The molecule has 0 unspecified atom stereocenters. The molecule has 0 atom stereocenters. The van der Waals surface area contributed by atoms with Crippen molar-refractivity contribution < 1.29 is 9.59 Å². The molecule has 2 amide bonds. The Labute approximate surface area is 184 Å². The van der Waals surface area contributed by atoms with E-state index in [9.17, 15) is 9.59 Å². The maximum Gasteiger partial charge on any atom is 0.250 e. The first-order valence-corrected chi connectivity index (χ1v) is 10.9. The van der Waals surface area contributed by atoms with Crippen molar-refractivity contribution in [3.8, 4) is 0 Å². The lowest BCUT2D eigenvalue weighted by Crippen LogP contribution is -2.44. The minimum absolute atomic E-state index is 0.164. The van der Waals surface area contributed by atoms with Crippen LogP contribution < -0.4 is 10.9 Å². The van der Waals surface area contributed by atoms with Gasteiger partial charge in [0.15, 0.2) is 0 Å². The van der Waals surface area contributed by atoms with Gasteiger partial charge in [-0.1, -0.05) is 78.9 Å². The van der Waals surface area contributed by atoms with Crippen molar-refractivity contribution in [2.75, 3.05) is 5.75 Å². The molecule has 0 radical (unpaired) electrons. The molecule has 0 saturated carbocycles. The van der Waals surface area contributed by atoms with Crippen molar-refractivity contribution in [3.05, 3.63) is 108 Å². The van der Waals surface area contributed by atoms with Gasteiger partial charge in [0.2, 0.25) is 11.8 Å². The molecule has 3 aromatic carbocycles. The summed E-state index contributed by atoms with van der Waals surface area (Å²) >= 11 is 1.39. The summed E-state index contributed by atoms with van der Waals surface area (Å²) in [6.45, 7) is 0. The van der Waals surface area contributed by atoms with Crippen LogP contribution in [-0.4, -0.2) is 22.6 Å². The predicted octanol–water partition coefficient (Wildman–Crippen LogP) is 4.31. The number of para-hydroxylation sites is 1. The highest BCUT2D eigenvalue weighted by atomic mass is 32.2. The summed E-state index contributed by atoms with van der Waals surface area (Å²) in [5.74, 6) is -0.927. The SMILES string of the molecule is O=C(CSc1cccc2cccnc12)NNC(=O)C(c1ccccc1)c1ccccc1. The van der Waals surface area contributed by atoms with Crippen molar-refractivity contribution in [2.45, 2.75) is 10.8 Å². The second-order valence-corrected chi connectivity index (χ2v) is 7.93. The summed E-state index contributed by atoms with van der Waals surface area (Å²) < 4.78 is 0. The normalized spacial score (nSPS) is 10.7. The lowest BCUT2D eigenvalue weighted by Gasteiger charge is -2.18. The van der Waals surface area contributed by atoms with Crippen LogP contribution >= 0.6 is 11.8 Å². The summed E-state index contributed by atoms with van der Waals surface area (Å²) in [5, 5.41) is 1.02. The van der Waals surface area contributed by atoms with E-state index in [1.165, 1.54) is 11.8 Å². The number of hydrogen-bond donors (Lipinski definition) is 2. The first-order valence-electron chi connectivity index (χ1n) is 9.87. The van der Waals surface area contributed by atoms with E-state index in [0.29, 0.717) is 0 Å².